The van der Waals surface area contributed by atoms with Crippen LogP contribution in [0.1, 0.15) is 11.4 Å². The fraction of sp³-hybridized carbons (Fsp3) is 0.222. The summed E-state index contributed by atoms with van der Waals surface area (Å²) < 4.78 is 0. The predicted octanol–water partition coefficient (Wildman–Crippen LogP) is 2.06. The molecule has 0 amide bonds. The number of pyridine rings is 2. The van der Waals surface area contributed by atoms with Crippen LogP contribution < -0.4 is 10.2 Å². The first kappa shape index (κ1) is 27.8. The van der Waals surface area contributed by atoms with Gasteiger partial charge in [0, 0.05) is 12.4 Å². The van der Waals surface area contributed by atoms with Crippen molar-refractivity contribution in [2.45, 2.75) is 0 Å². The summed E-state index contributed by atoms with van der Waals surface area (Å²) in [7, 11) is 7.00. The van der Waals surface area contributed by atoms with Crippen LogP contribution in [0.4, 0.5) is 0 Å². The zero-order valence-electron chi connectivity index (χ0n) is 15.1. The quantitative estimate of drug-likeness (QED) is 0.592. The summed E-state index contributed by atoms with van der Waals surface area (Å²) in [5.74, 6) is -0.480. The molecule has 0 saturated heterocycles. The molecule has 0 radical (unpaired) electrons. The number of hydrogen-bond donors (Lipinski definition) is 0. The summed E-state index contributed by atoms with van der Waals surface area (Å²) in [4.78, 5) is 7.53. The van der Waals surface area contributed by atoms with E-state index in [1.54, 1.807) is 77.0 Å². The van der Waals surface area contributed by atoms with E-state index in [4.69, 9.17) is 0 Å². The van der Waals surface area contributed by atoms with Crippen LogP contribution in [0.2, 0.25) is 0 Å². The fourth-order valence-corrected chi connectivity index (χ4v) is 1.06. The van der Waals surface area contributed by atoms with Gasteiger partial charge in [0.05, 0.1) is 11.4 Å². The van der Waals surface area contributed by atoms with E-state index in [-0.39, 0.29) is 33.2 Å². The van der Waals surface area contributed by atoms with Gasteiger partial charge in [0.15, 0.2) is 0 Å². The van der Waals surface area contributed by atoms with Gasteiger partial charge in [0.25, 0.3) is 0 Å². The van der Waals surface area contributed by atoms with Crippen molar-refractivity contribution >= 4 is 11.5 Å². The van der Waals surface area contributed by atoms with Gasteiger partial charge in [-0.15, -0.1) is 13.2 Å². The molecule has 2 aromatic heterocycles. The van der Waals surface area contributed by atoms with E-state index >= 15 is 0 Å². The Morgan fingerprint density at radius 3 is 1.16 bits per heavy atom. The Kier molecular flexibility index (Phi) is 22.3. The largest absolute Gasteiger partial charge is 4.00 e. The van der Waals surface area contributed by atoms with Crippen LogP contribution in [0.5, 0.6) is 0 Å². The minimum Gasteiger partial charge on any atom is -0.871 e. The van der Waals surface area contributed by atoms with Crippen LogP contribution in [-0.2, 0) is 21.7 Å². The molecule has 25 heavy (non-hydrogen) atoms. The molecular weight excluding hydrogens is 352 g/mol. The molecule has 0 aliphatic rings. The zero-order chi connectivity index (χ0) is 18.8. The molecule has 0 N–H and O–H groups in total. The van der Waals surface area contributed by atoms with Gasteiger partial charge in [-0.05, 0) is 24.3 Å². The SMILES string of the molecule is C=C([O-])c1ccccn1.C=C([O-])c1ccccn1.C[N-]C.C[N-]C.[Ti+4]. The predicted molar refractivity (Wildman–Crippen MR) is 97.0 cm³/mol. The summed E-state index contributed by atoms with van der Waals surface area (Å²) in [5, 5.41) is 27.9. The van der Waals surface area contributed by atoms with Crippen molar-refractivity contribution < 1.29 is 31.9 Å². The van der Waals surface area contributed by atoms with Gasteiger partial charge < -0.3 is 20.8 Å². The molecule has 0 aliphatic heterocycles. The van der Waals surface area contributed by atoms with Crippen molar-refractivity contribution in [3.8, 4) is 0 Å². The third-order valence-electron chi connectivity index (χ3n) is 1.90. The Morgan fingerprint density at radius 1 is 0.760 bits per heavy atom. The topological polar surface area (TPSA) is 100 Å². The number of rotatable bonds is 2. The summed E-state index contributed by atoms with van der Waals surface area (Å²) in [6, 6.07) is 10.3. The van der Waals surface area contributed by atoms with Crippen LogP contribution in [0.15, 0.2) is 61.9 Å². The van der Waals surface area contributed by atoms with Crippen LogP contribution >= 0.6 is 0 Å². The maximum atomic E-state index is 10.5. The van der Waals surface area contributed by atoms with Gasteiger partial charge in [-0.1, -0.05) is 23.7 Å². The molecule has 0 saturated carbocycles. The smallest absolute Gasteiger partial charge is 0.871 e. The van der Waals surface area contributed by atoms with Gasteiger partial charge in [0.1, 0.15) is 0 Å². The van der Waals surface area contributed by atoms with Crippen molar-refractivity contribution in [3.05, 3.63) is 84.0 Å². The van der Waals surface area contributed by atoms with Crippen LogP contribution in [0.25, 0.3) is 22.2 Å². The maximum Gasteiger partial charge on any atom is 4.00 e. The monoisotopic (exact) mass is 376 g/mol. The van der Waals surface area contributed by atoms with Gasteiger partial charge in [-0.2, -0.15) is 28.2 Å². The molecule has 0 unspecified atom stereocenters. The Balaban J connectivity index is -0.000000287. The summed E-state index contributed by atoms with van der Waals surface area (Å²) in [5.41, 5.74) is 0.829. The molecule has 6 nitrogen and oxygen atoms in total. The average Bonchev–Trinajstić information content (AvgIpc) is 2.58. The summed E-state index contributed by atoms with van der Waals surface area (Å²) >= 11 is 0. The molecule has 2 aromatic rings. The molecule has 7 heteroatoms. The van der Waals surface area contributed by atoms with E-state index in [9.17, 15) is 10.2 Å². The maximum absolute atomic E-state index is 10.5. The van der Waals surface area contributed by atoms with Crippen molar-refractivity contribution in [1.82, 2.24) is 9.97 Å². The Morgan fingerprint density at radius 2 is 1.04 bits per heavy atom. The van der Waals surface area contributed by atoms with Crippen LogP contribution in [0, 0.1) is 0 Å². The fourth-order valence-electron chi connectivity index (χ4n) is 1.06. The Bertz CT molecular complexity index is 500. The van der Waals surface area contributed by atoms with E-state index in [1.165, 1.54) is 0 Å². The van der Waals surface area contributed by atoms with Gasteiger partial charge >= 0.3 is 21.7 Å². The van der Waals surface area contributed by atoms with Crippen LogP contribution in [0.3, 0.4) is 0 Å². The molecule has 2 rings (SSSR count). The van der Waals surface area contributed by atoms with Gasteiger partial charge in [0.2, 0.25) is 0 Å². The molecule has 132 valence electrons. The molecule has 0 bridgehead atoms. The average molecular weight is 376 g/mol. The molecule has 0 aliphatic carbocycles. The molecule has 0 atom stereocenters. The molecule has 0 aromatic carbocycles. The summed E-state index contributed by atoms with van der Waals surface area (Å²) in [6.45, 7) is 6.41. The number of hydrogen-bond acceptors (Lipinski definition) is 4. The van der Waals surface area contributed by atoms with E-state index in [0.717, 1.165) is 0 Å². The van der Waals surface area contributed by atoms with Crippen LogP contribution in [-0.4, -0.2) is 38.2 Å². The molecule has 0 spiro atoms. The first-order chi connectivity index (χ1) is 11.4. The van der Waals surface area contributed by atoms with E-state index in [2.05, 4.69) is 33.8 Å². The second-order valence-electron chi connectivity index (χ2n) is 4.17. The number of aromatic nitrogens is 2. The Labute approximate surface area is 165 Å². The van der Waals surface area contributed by atoms with Gasteiger partial charge in [-0.25, -0.2) is 0 Å². The number of nitrogens with zero attached hydrogens (tertiary/aromatic N) is 4. The first-order valence-corrected chi connectivity index (χ1v) is 6.95. The van der Waals surface area contributed by atoms with Crippen molar-refractivity contribution in [3.63, 3.8) is 0 Å². The third-order valence-corrected chi connectivity index (χ3v) is 1.90. The normalized spacial score (nSPS) is 7.84. The molecule has 0 fully saturated rings. The first-order valence-electron chi connectivity index (χ1n) is 6.95. The molecule has 2 heterocycles. The van der Waals surface area contributed by atoms with E-state index in [1.807, 2.05) is 0 Å². The molecular formula is C18H24N4O2Ti. The second kappa shape index (κ2) is 20.1. The standard InChI is InChI=1S/2C7H7NO.2C2H6N.Ti/c2*1-6(9)7-4-2-3-5-8-7;2*1-3-2;/h2*2-5,9H,1H2;2*1-2H3;/q;;2*-1;+4/p-2. The minimum atomic E-state index is -0.240. The van der Waals surface area contributed by atoms with Crippen molar-refractivity contribution in [1.29, 1.82) is 0 Å². The summed E-state index contributed by atoms with van der Waals surface area (Å²) in [6.07, 6.45) is 3.14. The zero-order valence-corrected chi connectivity index (χ0v) is 16.7. The van der Waals surface area contributed by atoms with Gasteiger partial charge in [-0.3, -0.25) is 9.97 Å². The third kappa shape index (κ3) is 18.2. The van der Waals surface area contributed by atoms with Crippen molar-refractivity contribution in [2.24, 2.45) is 0 Å². The van der Waals surface area contributed by atoms with E-state index in [0.29, 0.717) is 11.4 Å². The Hall–Kier alpha value is -1.99. The van der Waals surface area contributed by atoms with E-state index < -0.39 is 0 Å². The van der Waals surface area contributed by atoms with Crippen molar-refractivity contribution in [2.75, 3.05) is 28.2 Å². The second-order valence-corrected chi connectivity index (χ2v) is 4.17. The minimum absolute atomic E-state index is 0.